The van der Waals surface area contributed by atoms with Crippen molar-refractivity contribution in [2.75, 3.05) is 12.3 Å². The predicted molar refractivity (Wildman–Crippen MR) is 102 cm³/mol. The van der Waals surface area contributed by atoms with Crippen LogP contribution >= 0.6 is 23.1 Å². The number of aryl methyl sites for hydroxylation is 1. The smallest absolute Gasteiger partial charge is 0.252 e. The summed E-state index contributed by atoms with van der Waals surface area (Å²) in [5.74, 6) is 1.35. The second kappa shape index (κ2) is 9.12. The highest BCUT2D eigenvalue weighted by molar-refractivity contribution is 7.99. The van der Waals surface area contributed by atoms with E-state index < -0.39 is 0 Å². The van der Waals surface area contributed by atoms with Gasteiger partial charge >= 0.3 is 0 Å². The van der Waals surface area contributed by atoms with Gasteiger partial charge in [-0.2, -0.15) is 11.8 Å². The van der Waals surface area contributed by atoms with E-state index in [2.05, 4.69) is 22.5 Å². The summed E-state index contributed by atoms with van der Waals surface area (Å²) in [4.78, 5) is 13.9. The van der Waals surface area contributed by atoms with E-state index in [-0.39, 0.29) is 5.91 Å². The van der Waals surface area contributed by atoms with Crippen LogP contribution in [0.25, 0.3) is 0 Å². The summed E-state index contributed by atoms with van der Waals surface area (Å²) < 4.78 is 0. The van der Waals surface area contributed by atoms with Crippen molar-refractivity contribution in [2.45, 2.75) is 75.9 Å². The van der Waals surface area contributed by atoms with E-state index in [1.807, 2.05) is 0 Å². The quantitative estimate of drug-likeness (QED) is 0.563. The summed E-state index contributed by atoms with van der Waals surface area (Å²) in [6, 6.07) is 0. The van der Waals surface area contributed by atoms with Crippen molar-refractivity contribution in [3.05, 3.63) is 21.4 Å². The van der Waals surface area contributed by atoms with Crippen LogP contribution < -0.4 is 5.32 Å². The van der Waals surface area contributed by atoms with Crippen LogP contribution in [0.4, 0.5) is 0 Å². The number of rotatable bonds is 6. The van der Waals surface area contributed by atoms with Crippen molar-refractivity contribution in [1.82, 2.24) is 5.32 Å². The minimum atomic E-state index is 0.159. The molecule has 0 atom stereocenters. The summed E-state index contributed by atoms with van der Waals surface area (Å²) in [7, 11) is 0. The second-order valence-corrected chi connectivity index (χ2v) is 9.22. The summed E-state index contributed by atoms with van der Waals surface area (Å²) >= 11 is 3.91. The summed E-state index contributed by atoms with van der Waals surface area (Å²) in [5.41, 5.74) is 2.31. The maximum Gasteiger partial charge on any atom is 0.252 e. The fourth-order valence-electron chi connectivity index (χ4n) is 3.71. The molecular weight excluding hydrogens is 322 g/mol. The van der Waals surface area contributed by atoms with Gasteiger partial charge in [-0.1, -0.05) is 25.7 Å². The molecule has 0 aliphatic heterocycles. The molecule has 0 unspecified atom stereocenters. The van der Waals surface area contributed by atoms with Gasteiger partial charge in [-0.3, -0.25) is 4.79 Å². The zero-order valence-corrected chi connectivity index (χ0v) is 15.7. The van der Waals surface area contributed by atoms with E-state index in [0.717, 1.165) is 30.2 Å². The molecule has 0 bridgehead atoms. The third-order valence-corrected chi connectivity index (χ3v) is 7.62. The first-order chi connectivity index (χ1) is 11.3. The second-order valence-electron chi connectivity index (χ2n) is 6.85. The fraction of sp³-hybridized carbons (Fsp3) is 0.737. The van der Waals surface area contributed by atoms with Gasteiger partial charge in [-0.25, -0.2) is 0 Å². The number of nitrogens with one attached hydrogen (secondary N) is 1. The first-order valence-electron chi connectivity index (χ1n) is 9.33. The molecular formula is C19H29NOS2. The fourth-order valence-corrected chi connectivity index (χ4v) is 6.15. The Balaban J connectivity index is 1.38. The largest absolute Gasteiger partial charge is 0.352 e. The molecule has 0 radical (unpaired) electrons. The van der Waals surface area contributed by atoms with E-state index in [1.165, 1.54) is 74.0 Å². The van der Waals surface area contributed by atoms with Crippen molar-refractivity contribution in [3.8, 4) is 0 Å². The highest BCUT2D eigenvalue weighted by atomic mass is 32.2. The zero-order valence-electron chi connectivity index (χ0n) is 14.1. The van der Waals surface area contributed by atoms with Crippen LogP contribution in [-0.2, 0) is 12.8 Å². The topological polar surface area (TPSA) is 29.1 Å². The molecule has 2 nitrogen and oxygen atoms in total. The van der Waals surface area contributed by atoms with Crippen molar-refractivity contribution in [3.63, 3.8) is 0 Å². The van der Waals surface area contributed by atoms with Crippen LogP contribution in [0.3, 0.4) is 0 Å². The van der Waals surface area contributed by atoms with Gasteiger partial charge in [0.1, 0.15) is 0 Å². The number of thioether (sulfide) groups is 1. The Labute approximate surface area is 148 Å². The Morgan fingerprint density at radius 1 is 1.13 bits per heavy atom. The van der Waals surface area contributed by atoms with Crippen molar-refractivity contribution in [1.29, 1.82) is 0 Å². The van der Waals surface area contributed by atoms with Crippen LogP contribution in [0.1, 0.15) is 78.6 Å². The number of hydrogen-bond acceptors (Lipinski definition) is 3. The molecule has 0 saturated heterocycles. The Morgan fingerprint density at radius 3 is 2.78 bits per heavy atom. The zero-order chi connectivity index (χ0) is 15.9. The molecule has 3 rings (SSSR count). The first kappa shape index (κ1) is 17.3. The average Bonchev–Trinajstić information content (AvgIpc) is 2.84. The number of hydrogen-bond donors (Lipinski definition) is 1. The third kappa shape index (κ3) is 4.99. The SMILES string of the molecule is O=C(NCCCSC1CCCCC1)c1csc2c1CCCCC2. The maximum atomic E-state index is 12.4. The lowest BCUT2D eigenvalue weighted by molar-refractivity contribution is 0.0953. The minimum Gasteiger partial charge on any atom is -0.352 e. The van der Waals surface area contributed by atoms with E-state index in [9.17, 15) is 4.79 Å². The van der Waals surface area contributed by atoms with Crippen LogP contribution in [0, 0.1) is 0 Å². The van der Waals surface area contributed by atoms with Gasteiger partial charge in [0.25, 0.3) is 5.91 Å². The lowest BCUT2D eigenvalue weighted by atomic mass is 10.0. The van der Waals surface area contributed by atoms with Gasteiger partial charge in [-0.05, 0) is 56.3 Å². The van der Waals surface area contributed by atoms with Crippen LogP contribution in [0.5, 0.6) is 0 Å². The predicted octanol–water partition coefficient (Wildman–Crippen LogP) is 5.20. The van der Waals surface area contributed by atoms with Crippen LogP contribution in [-0.4, -0.2) is 23.5 Å². The molecule has 1 fully saturated rings. The molecule has 0 spiro atoms. The van der Waals surface area contributed by atoms with E-state index in [0.29, 0.717) is 0 Å². The normalized spacial score (nSPS) is 19.1. The highest BCUT2D eigenvalue weighted by Crippen LogP contribution is 2.30. The molecule has 1 amide bonds. The van der Waals surface area contributed by atoms with Gasteiger partial charge in [0, 0.05) is 22.1 Å². The maximum absolute atomic E-state index is 12.4. The number of amides is 1. The molecule has 0 aromatic carbocycles. The Morgan fingerprint density at radius 2 is 1.91 bits per heavy atom. The molecule has 1 heterocycles. The standard InChI is InChI=1S/C19H29NOS2/c21-19(17-14-23-18-11-6-2-5-10-16(17)18)20-12-7-13-22-15-8-3-1-4-9-15/h14-15H,1-13H2,(H,20,21). The molecule has 1 aromatic rings. The number of carbonyl (C=O) groups is 1. The summed E-state index contributed by atoms with van der Waals surface area (Å²) in [6.45, 7) is 0.823. The molecule has 4 heteroatoms. The van der Waals surface area contributed by atoms with Gasteiger partial charge < -0.3 is 5.32 Å². The van der Waals surface area contributed by atoms with Gasteiger partial charge in [0.05, 0.1) is 5.56 Å². The number of fused-ring (bicyclic) bond motifs is 1. The van der Waals surface area contributed by atoms with Crippen molar-refractivity contribution in [2.24, 2.45) is 0 Å². The lowest BCUT2D eigenvalue weighted by Crippen LogP contribution is -2.25. The van der Waals surface area contributed by atoms with Gasteiger partial charge in [0.15, 0.2) is 0 Å². The highest BCUT2D eigenvalue weighted by Gasteiger charge is 2.19. The van der Waals surface area contributed by atoms with Gasteiger partial charge in [-0.15, -0.1) is 11.3 Å². The lowest BCUT2D eigenvalue weighted by Gasteiger charge is -2.20. The average molecular weight is 352 g/mol. The Hall–Kier alpha value is -0.480. The molecule has 1 saturated carbocycles. The number of thiophene rings is 1. The molecule has 2 aliphatic carbocycles. The minimum absolute atomic E-state index is 0.159. The van der Waals surface area contributed by atoms with E-state index in [1.54, 1.807) is 11.3 Å². The van der Waals surface area contributed by atoms with Crippen LogP contribution in [0.15, 0.2) is 5.38 Å². The number of carbonyl (C=O) groups excluding carboxylic acids is 1. The van der Waals surface area contributed by atoms with Crippen molar-refractivity contribution >= 4 is 29.0 Å². The third-order valence-electron chi connectivity index (χ3n) is 5.07. The molecule has 1 N–H and O–H groups in total. The molecule has 128 valence electrons. The van der Waals surface area contributed by atoms with Gasteiger partial charge in [0.2, 0.25) is 0 Å². The summed E-state index contributed by atoms with van der Waals surface area (Å²) in [5, 5.41) is 6.11. The Kier molecular flexibility index (Phi) is 6.88. The summed E-state index contributed by atoms with van der Waals surface area (Å²) in [6.07, 6.45) is 14.3. The monoisotopic (exact) mass is 351 g/mol. The first-order valence-corrected chi connectivity index (χ1v) is 11.3. The Bertz CT molecular complexity index is 505. The molecule has 2 aliphatic rings. The molecule has 1 aromatic heterocycles. The molecule has 23 heavy (non-hydrogen) atoms. The van der Waals surface area contributed by atoms with Crippen LogP contribution in [0.2, 0.25) is 0 Å². The van der Waals surface area contributed by atoms with Crippen molar-refractivity contribution < 1.29 is 4.79 Å². The van der Waals surface area contributed by atoms with E-state index >= 15 is 0 Å². The van der Waals surface area contributed by atoms with E-state index in [4.69, 9.17) is 0 Å².